The van der Waals surface area contributed by atoms with Gasteiger partial charge in [0.2, 0.25) is 0 Å². The van der Waals surface area contributed by atoms with Crippen LogP contribution in [0.4, 0.5) is 0 Å². The van der Waals surface area contributed by atoms with Crippen LogP contribution in [0.25, 0.3) is 0 Å². The van der Waals surface area contributed by atoms with Crippen molar-refractivity contribution in [1.29, 1.82) is 0 Å². The van der Waals surface area contributed by atoms with Gasteiger partial charge in [0, 0.05) is 31.0 Å². The molecule has 1 atom stereocenters. The molecule has 0 saturated carbocycles. The Labute approximate surface area is 102 Å². The van der Waals surface area contributed by atoms with Gasteiger partial charge in [0.05, 0.1) is 0 Å². The highest BCUT2D eigenvalue weighted by Gasteiger charge is 2.25. The normalized spacial score (nSPS) is 25.8. The largest absolute Gasteiger partial charge is 0.396 e. The first kappa shape index (κ1) is 11.2. The Morgan fingerprint density at radius 3 is 2.94 bits per heavy atom. The van der Waals surface area contributed by atoms with Gasteiger partial charge < -0.3 is 15.0 Å². The molecule has 2 N–H and O–H groups in total. The molecule has 94 valence electrons. The molecule has 0 bridgehead atoms. The van der Waals surface area contributed by atoms with Crippen LogP contribution in [0.1, 0.15) is 36.7 Å². The van der Waals surface area contributed by atoms with Crippen molar-refractivity contribution in [2.75, 3.05) is 19.7 Å². The highest BCUT2D eigenvalue weighted by Crippen LogP contribution is 2.29. The summed E-state index contributed by atoms with van der Waals surface area (Å²) in [5.74, 6) is 2.37. The van der Waals surface area contributed by atoms with Gasteiger partial charge in [-0.1, -0.05) is 0 Å². The minimum atomic E-state index is 0.313. The summed E-state index contributed by atoms with van der Waals surface area (Å²) in [6.07, 6.45) is 6.53. The molecule has 0 radical (unpaired) electrons. The Kier molecular flexibility index (Phi) is 3.16. The molecule has 0 spiro atoms. The summed E-state index contributed by atoms with van der Waals surface area (Å²) in [5.41, 5.74) is 1.32. The van der Waals surface area contributed by atoms with Crippen molar-refractivity contribution >= 4 is 0 Å². The molecule has 2 aliphatic heterocycles. The monoisotopic (exact) mass is 235 g/mol. The maximum atomic E-state index is 9.23. The van der Waals surface area contributed by atoms with E-state index < -0.39 is 0 Å². The molecule has 0 amide bonds. The lowest BCUT2D eigenvalue weighted by Crippen LogP contribution is -2.29. The van der Waals surface area contributed by atoms with Crippen molar-refractivity contribution in [3.63, 3.8) is 0 Å². The molecular formula is C13H21N3O. The van der Waals surface area contributed by atoms with Crippen LogP contribution >= 0.6 is 0 Å². The van der Waals surface area contributed by atoms with Gasteiger partial charge in [-0.3, -0.25) is 0 Å². The quantitative estimate of drug-likeness (QED) is 0.801. The standard InChI is InChI=1S/C13H21N3O/c17-9-10-3-6-16-12(7-10)8-15-13(16)11-1-4-14-5-2-11/h8,10-11,14,17H,1-7,9H2. The first-order valence-corrected chi connectivity index (χ1v) is 6.74. The lowest BCUT2D eigenvalue weighted by Gasteiger charge is -2.27. The summed E-state index contributed by atoms with van der Waals surface area (Å²) < 4.78 is 2.40. The molecule has 17 heavy (non-hydrogen) atoms. The molecule has 1 aromatic rings. The third-order valence-electron chi connectivity index (χ3n) is 4.19. The molecule has 1 aromatic heterocycles. The second-order valence-corrected chi connectivity index (χ2v) is 5.33. The molecule has 1 fully saturated rings. The number of rotatable bonds is 2. The van der Waals surface area contributed by atoms with Gasteiger partial charge in [-0.15, -0.1) is 0 Å². The number of hydrogen-bond acceptors (Lipinski definition) is 3. The van der Waals surface area contributed by atoms with E-state index in [-0.39, 0.29) is 0 Å². The molecule has 2 aliphatic rings. The van der Waals surface area contributed by atoms with Crippen LogP contribution in [0.5, 0.6) is 0 Å². The Balaban J connectivity index is 1.80. The van der Waals surface area contributed by atoms with Crippen LogP contribution in [-0.4, -0.2) is 34.4 Å². The van der Waals surface area contributed by atoms with Crippen LogP contribution < -0.4 is 5.32 Å². The number of hydrogen-bond donors (Lipinski definition) is 2. The number of aliphatic hydroxyl groups is 1. The number of imidazole rings is 1. The van der Waals surface area contributed by atoms with E-state index in [1.807, 2.05) is 6.20 Å². The van der Waals surface area contributed by atoms with E-state index in [2.05, 4.69) is 14.9 Å². The minimum Gasteiger partial charge on any atom is -0.396 e. The molecule has 3 rings (SSSR count). The van der Waals surface area contributed by atoms with E-state index in [9.17, 15) is 5.11 Å². The summed E-state index contributed by atoms with van der Waals surface area (Å²) in [5, 5.41) is 12.6. The maximum Gasteiger partial charge on any atom is 0.112 e. The highest BCUT2D eigenvalue weighted by atomic mass is 16.3. The Hall–Kier alpha value is -0.870. The van der Waals surface area contributed by atoms with Crippen molar-refractivity contribution in [1.82, 2.24) is 14.9 Å². The van der Waals surface area contributed by atoms with Crippen molar-refractivity contribution < 1.29 is 5.11 Å². The zero-order chi connectivity index (χ0) is 11.7. The molecule has 0 aliphatic carbocycles. The zero-order valence-corrected chi connectivity index (χ0v) is 10.2. The summed E-state index contributed by atoms with van der Waals surface area (Å²) in [6, 6.07) is 0. The van der Waals surface area contributed by atoms with E-state index in [0.29, 0.717) is 18.4 Å². The van der Waals surface area contributed by atoms with Gasteiger partial charge >= 0.3 is 0 Å². The van der Waals surface area contributed by atoms with Crippen molar-refractivity contribution in [2.45, 2.75) is 38.1 Å². The fourth-order valence-electron chi connectivity index (χ4n) is 3.12. The second kappa shape index (κ2) is 4.78. The van der Waals surface area contributed by atoms with Gasteiger partial charge in [0.15, 0.2) is 0 Å². The lowest BCUT2D eigenvalue weighted by atomic mass is 9.94. The first-order valence-electron chi connectivity index (χ1n) is 6.74. The zero-order valence-electron chi connectivity index (χ0n) is 10.2. The van der Waals surface area contributed by atoms with Crippen LogP contribution in [-0.2, 0) is 13.0 Å². The van der Waals surface area contributed by atoms with Crippen molar-refractivity contribution in [3.05, 3.63) is 17.7 Å². The predicted molar refractivity (Wildman–Crippen MR) is 66.0 cm³/mol. The Bertz CT molecular complexity index is 382. The van der Waals surface area contributed by atoms with Crippen LogP contribution in [0.2, 0.25) is 0 Å². The summed E-state index contributed by atoms with van der Waals surface area (Å²) in [6.45, 7) is 3.59. The fraction of sp³-hybridized carbons (Fsp3) is 0.769. The average Bonchev–Trinajstić information content (AvgIpc) is 2.82. The molecular weight excluding hydrogens is 214 g/mol. The molecule has 1 unspecified atom stereocenters. The van der Waals surface area contributed by atoms with E-state index in [1.165, 1.54) is 24.4 Å². The fourth-order valence-corrected chi connectivity index (χ4v) is 3.12. The summed E-state index contributed by atoms with van der Waals surface area (Å²) >= 11 is 0. The lowest BCUT2D eigenvalue weighted by molar-refractivity contribution is 0.199. The van der Waals surface area contributed by atoms with Gasteiger partial charge in [-0.25, -0.2) is 4.98 Å². The van der Waals surface area contributed by atoms with Gasteiger partial charge in [-0.2, -0.15) is 0 Å². The minimum absolute atomic E-state index is 0.313. The number of aliphatic hydroxyl groups excluding tert-OH is 1. The molecule has 4 nitrogen and oxygen atoms in total. The second-order valence-electron chi connectivity index (χ2n) is 5.33. The number of aromatic nitrogens is 2. The van der Waals surface area contributed by atoms with E-state index >= 15 is 0 Å². The smallest absolute Gasteiger partial charge is 0.112 e. The van der Waals surface area contributed by atoms with Crippen molar-refractivity contribution in [2.24, 2.45) is 5.92 Å². The van der Waals surface area contributed by atoms with Crippen LogP contribution in [0.3, 0.4) is 0 Å². The third kappa shape index (κ3) is 2.11. The summed E-state index contributed by atoms with van der Waals surface area (Å²) in [4.78, 5) is 4.64. The third-order valence-corrected chi connectivity index (χ3v) is 4.19. The molecule has 0 aromatic carbocycles. The van der Waals surface area contributed by atoms with Crippen molar-refractivity contribution in [3.8, 4) is 0 Å². The SMILES string of the molecule is OCC1CCn2c(cnc2C2CCNCC2)C1. The molecule has 4 heteroatoms. The molecule has 3 heterocycles. The number of fused-ring (bicyclic) bond motifs is 1. The van der Waals surface area contributed by atoms with E-state index in [4.69, 9.17) is 0 Å². The van der Waals surface area contributed by atoms with Gasteiger partial charge in [-0.05, 0) is 44.7 Å². The highest BCUT2D eigenvalue weighted by molar-refractivity contribution is 5.13. The predicted octanol–water partition coefficient (Wildman–Crippen LogP) is 0.905. The average molecular weight is 235 g/mol. The number of piperidine rings is 1. The Morgan fingerprint density at radius 2 is 2.18 bits per heavy atom. The number of nitrogens with one attached hydrogen (secondary N) is 1. The molecule has 1 saturated heterocycles. The van der Waals surface area contributed by atoms with Gasteiger partial charge in [0.1, 0.15) is 5.82 Å². The first-order chi connectivity index (χ1) is 8.38. The van der Waals surface area contributed by atoms with E-state index in [1.54, 1.807) is 0 Å². The van der Waals surface area contributed by atoms with Crippen LogP contribution in [0.15, 0.2) is 6.20 Å². The summed E-state index contributed by atoms with van der Waals surface area (Å²) in [7, 11) is 0. The number of nitrogens with zero attached hydrogens (tertiary/aromatic N) is 2. The van der Waals surface area contributed by atoms with Gasteiger partial charge in [0.25, 0.3) is 0 Å². The maximum absolute atomic E-state index is 9.23. The topological polar surface area (TPSA) is 50.1 Å². The van der Waals surface area contributed by atoms with E-state index in [0.717, 1.165) is 32.5 Å². The van der Waals surface area contributed by atoms with Crippen LogP contribution in [0, 0.1) is 5.92 Å². The Morgan fingerprint density at radius 1 is 1.35 bits per heavy atom.